The summed E-state index contributed by atoms with van der Waals surface area (Å²) >= 11 is 1.55. The number of thiazole rings is 1. The minimum absolute atomic E-state index is 0.144. The van der Waals surface area contributed by atoms with E-state index in [0.717, 1.165) is 38.7 Å². The zero-order valence-corrected chi connectivity index (χ0v) is 16.0. The molecule has 0 fully saturated rings. The maximum atomic E-state index is 13.3. The van der Waals surface area contributed by atoms with Gasteiger partial charge in [-0.2, -0.15) is 0 Å². The van der Waals surface area contributed by atoms with Gasteiger partial charge in [0.1, 0.15) is 16.4 Å². The highest BCUT2D eigenvalue weighted by Gasteiger charge is 2.12. The fourth-order valence-electron chi connectivity index (χ4n) is 2.78. The van der Waals surface area contributed by atoms with Gasteiger partial charge in [0.05, 0.1) is 17.3 Å². The lowest BCUT2D eigenvalue weighted by molar-refractivity contribution is 0.102. The summed E-state index contributed by atoms with van der Waals surface area (Å²) in [5.41, 5.74) is 2.11. The lowest BCUT2D eigenvalue weighted by Gasteiger charge is -2.06. The third-order valence-electron chi connectivity index (χ3n) is 4.29. The molecule has 0 saturated heterocycles. The van der Waals surface area contributed by atoms with Crippen LogP contribution in [0.2, 0.25) is 0 Å². The highest BCUT2D eigenvalue weighted by molar-refractivity contribution is 7.21. The number of carbonyl (C=O) groups is 1. The monoisotopic (exact) mass is 407 g/mol. The van der Waals surface area contributed by atoms with Gasteiger partial charge in [0.15, 0.2) is 5.82 Å². The Morgan fingerprint density at radius 2 is 1.90 bits per heavy atom. The zero-order valence-electron chi connectivity index (χ0n) is 15.2. The maximum Gasteiger partial charge on any atom is 0.255 e. The third-order valence-corrected chi connectivity index (χ3v) is 5.36. The van der Waals surface area contributed by atoms with Crippen molar-refractivity contribution in [3.63, 3.8) is 0 Å². The van der Waals surface area contributed by atoms with Crippen molar-refractivity contribution in [2.75, 3.05) is 12.4 Å². The van der Waals surface area contributed by atoms with Crippen LogP contribution >= 0.6 is 11.3 Å². The molecule has 0 aliphatic heterocycles. The fourth-order valence-corrected chi connectivity index (χ4v) is 3.78. The van der Waals surface area contributed by atoms with Gasteiger partial charge in [-0.25, -0.2) is 9.37 Å². The molecule has 144 valence electrons. The number of methoxy groups -OCH3 is 1. The molecule has 4 rings (SSSR count). The van der Waals surface area contributed by atoms with Crippen LogP contribution in [0.15, 0.2) is 65.8 Å². The van der Waals surface area contributed by atoms with Crippen molar-refractivity contribution in [1.82, 2.24) is 4.98 Å². The van der Waals surface area contributed by atoms with Crippen LogP contribution in [0.4, 0.5) is 15.8 Å². The molecule has 1 N–H and O–H groups in total. The molecule has 29 heavy (non-hydrogen) atoms. The summed E-state index contributed by atoms with van der Waals surface area (Å²) in [6.07, 6.45) is 0. The Morgan fingerprint density at radius 3 is 2.62 bits per heavy atom. The van der Waals surface area contributed by atoms with Crippen molar-refractivity contribution in [3.05, 3.63) is 77.0 Å². The Bertz CT molecular complexity index is 1220. The number of carbonyl (C=O) groups excluding carboxylic acids is 1. The standard InChI is InChI=1S/C21H14FN3O3S/c1-28-15-7-9-17-19(11-15)29-21(24-17)12-2-5-14(6-3-12)23-20(26)13-4-8-16(22)18(10-13)25-27/h2-11H,1H3,(H,23,26). The number of amides is 1. The molecule has 0 bridgehead atoms. The number of fused-ring (bicyclic) bond motifs is 1. The number of nitrogens with one attached hydrogen (secondary N) is 1. The van der Waals surface area contributed by atoms with E-state index in [1.54, 1.807) is 30.6 Å². The largest absolute Gasteiger partial charge is 0.497 e. The first-order valence-electron chi connectivity index (χ1n) is 8.56. The van der Waals surface area contributed by atoms with E-state index in [9.17, 15) is 14.1 Å². The molecule has 1 aromatic heterocycles. The van der Waals surface area contributed by atoms with Crippen molar-refractivity contribution in [1.29, 1.82) is 0 Å². The predicted octanol–water partition coefficient (Wildman–Crippen LogP) is 5.76. The van der Waals surface area contributed by atoms with E-state index in [0.29, 0.717) is 5.69 Å². The SMILES string of the molecule is COc1ccc2nc(-c3ccc(NC(=O)c4ccc(F)c(N=O)c4)cc3)sc2c1. The van der Waals surface area contributed by atoms with Crippen molar-refractivity contribution in [3.8, 4) is 16.3 Å². The number of rotatable bonds is 5. The Kier molecular flexibility index (Phi) is 5.01. The molecule has 0 radical (unpaired) electrons. The molecule has 1 heterocycles. The highest BCUT2D eigenvalue weighted by Crippen LogP contribution is 2.32. The van der Waals surface area contributed by atoms with Crippen molar-refractivity contribution >= 4 is 38.8 Å². The summed E-state index contributed by atoms with van der Waals surface area (Å²) < 4.78 is 19.6. The average molecular weight is 407 g/mol. The average Bonchev–Trinajstić information content (AvgIpc) is 3.17. The second kappa shape index (κ2) is 7.76. The molecule has 3 aromatic carbocycles. The molecule has 0 spiro atoms. The summed E-state index contributed by atoms with van der Waals surface area (Å²) in [6, 6.07) is 16.4. The van der Waals surface area contributed by atoms with Crippen molar-refractivity contribution in [2.24, 2.45) is 5.18 Å². The van der Waals surface area contributed by atoms with Gasteiger partial charge in [-0.15, -0.1) is 16.2 Å². The van der Waals surface area contributed by atoms with E-state index in [2.05, 4.69) is 15.5 Å². The van der Waals surface area contributed by atoms with Crippen LogP contribution < -0.4 is 10.1 Å². The number of hydrogen-bond donors (Lipinski definition) is 1. The molecule has 0 unspecified atom stereocenters. The highest BCUT2D eigenvalue weighted by atomic mass is 32.1. The minimum Gasteiger partial charge on any atom is -0.497 e. The quantitative estimate of drug-likeness (QED) is 0.427. The Balaban J connectivity index is 1.53. The lowest BCUT2D eigenvalue weighted by atomic mass is 10.1. The van der Waals surface area contributed by atoms with Crippen LogP contribution in [-0.4, -0.2) is 18.0 Å². The Labute approximate surface area is 169 Å². The van der Waals surface area contributed by atoms with E-state index < -0.39 is 17.4 Å². The first-order chi connectivity index (χ1) is 14.1. The van der Waals surface area contributed by atoms with Crippen molar-refractivity contribution in [2.45, 2.75) is 0 Å². The molecule has 4 aromatic rings. The van der Waals surface area contributed by atoms with Crippen molar-refractivity contribution < 1.29 is 13.9 Å². The second-order valence-corrected chi connectivity index (χ2v) is 7.17. The van der Waals surface area contributed by atoms with Crippen LogP contribution in [0, 0.1) is 10.7 Å². The molecule has 0 aliphatic rings. The van der Waals surface area contributed by atoms with Crippen LogP contribution in [0.5, 0.6) is 5.75 Å². The molecule has 0 aliphatic carbocycles. The number of anilines is 1. The van der Waals surface area contributed by atoms with Crippen LogP contribution in [0.3, 0.4) is 0 Å². The molecule has 0 atom stereocenters. The topological polar surface area (TPSA) is 80.7 Å². The number of nitroso groups, excluding NO2 is 1. The summed E-state index contributed by atoms with van der Waals surface area (Å²) in [6.45, 7) is 0. The lowest BCUT2D eigenvalue weighted by Crippen LogP contribution is -2.11. The number of ether oxygens (including phenoxy) is 1. The van der Waals surface area contributed by atoms with Gasteiger partial charge < -0.3 is 10.1 Å². The Morgan fingerprint density at radius 1 is 1.10 bits per heavy atom. The van der Waals surface area contributed by atoms with Crippen LogP contribution in [0.25, 0.3) is 20.8 Å². The Hall–Kier alpha value is -3.65. The molecular weight excluding hydrogens is 393 g/mol. The molecule has 1 amide bonds. The smallest absolute Gasteiger partial charge is 0.255 e. The molecule has 0 saturated carbocycles. The number of aromatic nitrogens is 1. The summed E-state index contributed by atoms with van der Waals surface area (Å²) in [4.78, 5) is 27.6. The van der Waals surface area contributed by atoms with Gasteiger partial charge in [0, 0.05) is 16.8 Å². The minimum atomic E-state index is -0.769. The van der Waals surface area contributed by atoms with E-state index in [4.69, 9.17) is 4.74 Å². The van der Waals surface area contributed by atoms with Gasteiger partial charge in [-0.1, -0.05) is 0 Å². The van der Waals surface area contributed by atoms with E-state index in [1.807, 2.05) is 30.3 Å². The number of hydrogen-bond acceptors (Lipinski definition) is 6. The maximum absolute atomic E-state index is 13.3. The fraction of sp³-hybridized carbons (Fsp3) is 0.0476. The third kappa shape index (κ3) is 3.83. The summed E-state index contributed by atoms with van der Waals surface area (Å²) in [5, 5.41) is 6.14. The normalized spacial score (nSPS) is 10.7. The summed E-state index contributed by atoms with van der Waals surface area (Å²) in [5.74, 6) is -0.455. The zero-order chi connectivity index (χ0) is 20.4. The molecule has 8 heteroatoms. The summed E-state index contributed by atoms with van der Waals surface area (Å²) in [7, 11) is 1.62. The van der Waals surface area contributed by atoms with Gasteiger partial charge in [-0.3, -0.25) is 4.79 Å². The first-order valence-corrected chi connectivity index (χ1v) is 9.38. The number of benzene rings is 3. The van der Waals surface area contributed by atoms with E-state index in [-0.39, 0.29) is 5.56 Å². The molecule has 6 nitrogen and oxygen atoms in total. The first kappa shape index (κ1) is 18.7. The van der Waals surface area contributed by atoms with Gasteiger partial charge >= 0.3 is 0 Å². The number of halogens is 1. The van der Waals surface area contributed by atoms with Crippen LogP contribution in [0.1, 0.15) is 10.4 Å². The van der Waals surface area contributed by atoms with E-state index in [1.165, 1.54) is 6.07 Å². The predicted molar refractivity (Wildman–Crippen MR) is 111 cm³/mol. The second-order valence-electron chi connectivity index (χ2n) is 6.14. The van der Waals surface area contributed by atoms with Gasteiger partial charge in [0.25, 0.3) is 5.91 Å². The van der Waals surface area contributed by atoms with Gasteiger partial charge in [0.2, 0.25) is 0 Å². The van der Waals surface area contributed by atoms with Crippen LogP contribution in [-0.2, 0) is 0 Å². The number of nitrogens with zero attached hydrogens (tertiary/aromatic N) is 2. The van der Waals surface area contributed by atoms with E-state index >= 15 is 0 Å². The van der Waals surface area contributed by atoms with Gasteiger partial charge in [-0.05, 0) is 65.8 Å². The molecular formula is C21H14FN3O3S.